The zero-order chi connectivity index (χ0) is 26.3. The van der Waals surface area contributed by atoms with Gasteiger partial charge >= 0.3 is 10.2 Å². The fourth-order valence-corrected chi connectivity index (χ4v) is 4.31. The summed E-state index contributed by atoms with van der Waals surface area (Å²) in [5, 5.41) is 2.84. The van der Waals surface area contributed by atoms with Crippen LogP contribution in [0.1, 0.15) is 31.9 Å². The molecule has 0 fully saturated rings. The topological polar surface area (TPSA) is 90.0 Å². The average Bonchev–Trinajstić information content (AvgIpc) is 2.80. The molecule has 10 heteroatoms. The van der Waals surface area contributed by atoms with E-state index < -0.39 is 34.5 Å². The van der Waals surface area contributed by atoms with E-state index in [1.165, 1.54) is 31.1 Å². The molecule has 1 N–H and O–H groups in total. The van der Waals surface area contributed by atoms with Gasteiger partial charge in [-0.2, -0.15) is 12.7 Å². The molecule has 0 saturated heterocycles. The maximum Gasteiger partial charge on any atom is 0.304 e. The minimum atomic E-state index is -4.08. The molecule has 192 valence electrons. The zero-order valence-electron chi connectivity index (χ0n) is 21.2. The summed E-state index contributed by atoms with van der Waals surface area (Å²) < 4.78 is 41.5. The number of rotatable bonds is 11. The minimum absolute atomic E-state index is 0.120. The molecule has 2 amide bonds. The van der Waals surface area contributed by atoms with Gasteiger partial charge in [-0.15, -0.1) is 0 Å². The van der Waals surface area contributed by atoms with Crippen LogP contribution in [0.3, 0.4) is 0 Å². The molecule has 8 nitrogen and oxygen atoms in total. The normalized spacial score (nSPS) is 12.5. The first-order valence-electron chi connectivity index (χ1n) is 11.4. The molecule has 35 heavy (non-hydrogen) atoms. The van der Waals surface area contributed by atoms with Crippen LogP contribution in [0.25, 0.3) is 0 Å². The number of halogens is 1. The number of aryl methyl sites for hydroxylation is 1. The largest absolute Gasteiger partial charge is 0.354 e. The molecular weight excluding hydrogens is 471 g/mol. The molecule has 0 aromatic heterocycles. The fourth-order valence-electron chi connectivity index (χ4n) is 3.25. The first kappa shape index (κ1) is 28.3. The highest BCUT2D eigenvalue weighted by Gasteiger charge is 2.32. The predicted molar refractivity (Wildman–Crippen MR) is 135 cm³/mol. The molecule has 0 aliphatic heterocycles. The number of amides is 2. The van der Waals surface area contributed by atoms with E-state index in [4.69, 9.17) is 0 Å². The quantitative estimate of drug-likeness (QED) is 0.508. The van der Waals surface area contributed by atoms with Crippen LogP contribution in [0.4, 0.5) is 10.1 Å². The van der Waals surface area contributed by atoms with Crippen LogP contribution in [0.15, 0.2) is 48.5 Å². The van der Waals surface area contributed by atoms with E-state index in [0.29, 0.717) is 6.54 Å². The van der Waals surface area contributed by atoms with Crippen molar-refractivity contribution in [1.82, 2.24) is 14.5 Å². The van der Waals surface area contributed by atoms with Crippen molar-refractivity contribution in [2.45, 2.75) is 40.3 Å². The number of nitrogens with one attached hydrogen (secondary N) is 1. The van der Waals surface area contributed by atoms with Crippen LogP contribution in [-0.4, -0.2) is 62.7 Å². The second-order valence-electron chi connectivity index (χ2n) is 9.10. The lowest BCUT2D eigenvalue weighted by Crippen LogP contribution is -2.52. The molecule has 1 atom stereocenters. The summed E-state index contributed by atoms with van der Waals surface area (Å²) in [7, 11) is -1.38. The molecule has 2 rings (SSSR count). The highest BCUT2D eigenvalue weighted by Crippen LogP contribution is 2.21. The molecule has 0 aliphatic carbocycles. The molecule has 0 heterocycles. The molecule has 2 aromatic carbocycles. The Bertz CT molecular complexity index is 1100. The van der Waals surface area contributed by atoms with Crippen molar-refractivity contribution in [2.24, 2.45) is 5.92 Å². The van der Waals surface area contributed by atoms with Crippen molar-refractivity contribution in [3.8, 4) is 0 Å². The molecule has 2 aromatic rings. The number of hydrogen-bond donors (Lipinski definition) is 1. The highest BCUT2D eigenvalue weighted by atomic mass is 32.2. The second-order valence-corrected chi connectivity index (χ2v) is 11.2. The number of carbonyl (C=O) groups excluding carboxylic acids is 2. The number of benzene rings is 2. The van der Waals surface area contributed by atoms with Gasteiger partial charge in [-0.25, -0.2) is 8.70 Å². The summed E-state index contributed by atoms with van der Waals surface area (Å²) in [6.07, 6.45) is 0. The third kappa shape index (κ3) is 7.76. The fraction of sp³-hybridized carbons (Fsp3) is 0.440. The Labute approximate surface area is 207 Å². The lowest BCUT2D eigenvalue weighted by Gasteiger charge is -2.33. The van der Waals surface area contributed by atoms with Crippen molar-refractivity contribution in [1.29, 1.82) is 0 Å². The lowest BCUT2D eigenvalue weighted by atomic mass is 10.1. The van der Waals surface area contributed by atoms with Crippen LogP contribution < -0.4 is 9.62 Å². The molecule has 0 unspecified atom stereocenters. The lowest BCUT2D eigenvalue weighted by molar-refractivity contribution is -0.139. The van der Waals surface area contributed by atoms with Gasteiger partial charge in [-0.05, 0) is 49.6 Å². The van der Waals surface area contributed by atoms with Crippen LogP contribution in [0, 0.1) is 18.7 Å². The summed E-state index contributed by atoms with van der Waals surface area (Å²) in [5.74, 6) is -1.19. The van der Waals surface area contributed by atoms with Gasteiger partial charge in [0.05, 0.1) is 5.69 Å². The highest BCUT2D eigenvalue weighted by molar-refractivity contribution is 7.90. The van der Waals surface area contributed by atoms with Crippen molar-refractivity contribution in [3.63, 3.8) is 0 Å². The summed E-state index contributed by atoms with van der Waals surface area (Å²) in [6.45, 7) is 7.51. The van der Waals surface area contributed by atoms with E-state index in [1.54, 1.807) is 6.92 Å². The number of carbonyl (C=O) groups is 2. The van der Waals surface area contributed by atoms with E-state index in [1.807, 2.05) is 45.0 Å². The van der Waals surface area contributed by atoms with Gasteiger partial charge in [0.1, 0.15) is 18.4 Å². The van der Waals surface area contributed by atoms with E-state index in [-0.39, 0.29) is 24.1 Å². The number of anilines is 1. The third-order valence-electron chi connectivity index (χ3n) is 5.46. The Hall–Kier alpha value is -2.98. The Morgan fingerprint density at radius 2 is 1.54 bits per heavy atom. The first-order valence-corrected chi connectivity index (χ1v) is 12.8. The summed E-state index contributed by atoms with van der Waals surface area (Å²) in [4.78, 5) is 27.8. The smallest absolute Gasteiger partial charge is 0.304 e. The zero-order valence-corrected chi connectivity index (χ0v) is 22.0. The van der Waals surface area contributed by atoms with Crippen molar-refractivity contribution < 1.29 is 22.4 Å². The Kier molecular flexibility index (Phi) is 9.79. The Balaban J connectivity index is 2.41. The number of hydrogen-bond acceptors (Lipinski definition) is 4. The van der Waals surface area contributed by atoms with Crippen LogP contribution >= 0.6 is 0 Å². The number of nitrogens with zero attached hydrogens (tertiary/aromatic N) is 3. The van der Waals surface area contributed by atoms with Gasteiger partial charge in [-0.3, -0.25) is 9.59 Å². The Morgan fingerprint density at radius 1 is 0.971 bits per heavy atom. The van der Waals surface area contributed by atoms with Gasteiger partial charge in [0.15, 0.2) is 0 Å². The first-order chi connectivity index (χ1) is 16.3. The summed E-state index contributed by atoms with van der Waals surface area (Å²) in [6, 6.07) is 11.5. The molecular formula is C25H35FN4O4S. The molecule has 0 bridgehead atoms. The monoisotopic (exact) mass is 506 g/mol. The van der Waals surface area contributed by atoms with Crippen molar-refractivity contribution >= 4 is 27.7 Å². The maximum absolute atomic E-state index is 13.6. The Morgan fingerprint density at radius 3 is 2.06 bits per heavy atom. The maximum atomic E-state index is 13.6. The van der Waals surface area contributed by atoms with Gasteiger partial charge in [0.25, 0.3) is 0 Å². The molecule has 0 saturated carbocycles. The second kappa shape index (κ2) is 12.1. The van der Waals surface area contributed by atoms with E-state index in [2.05, 4.69) is 5.32 Å². The van der Waals surface area contributed by atoms with Crippen LogP contribution in [0.2, 0.25) is 0 Å². The van der Waals surface area contributed by atoms with Gasteiger partial charge in [-0.1, -0.05) is 43.7 Å². The van der Waals surface area contributed by atoms with Crippen LogP contribution in [-0.2, 0) is 26.3 Å². The summed E-state index contributed by atoms with van der Waals surface area (Å²) >= 11 is 0. The van der Waals surface area contributed by atoms with E-state index in [9.17, 15) is 22.4 Å². The molecule has 0 spiro atoms. The summed E-state index contributed by atoms with van der Waals surface area (Å²) in [5.41, 5.74) is 1.99. The molecule has 0 aliphatic rings. The van der Waals surface area contributed by atoms with Crippen molar-refractivity contribution in [3.05, 3.63) is 65.5 Å². The van der Waals surface area contributed by atoms with Crippen LogP contribution in [0.5, 0.6) is 0 Å². The van der Waals surface area contributed by atoms with E-state index >= 15 is 0 Å². The van der Waals surface area contributed by atoms with Gasteiger partial charge < -0.3 is 10.2 Å². The molecule has 0 radical (unpaired) electrons. The SMILES string of the molecule is Cc1ccc(CN(C(=O)CN(c2ccc(F)cc2)S(=O)(=O)N(C)C)[C@H](C)C(=O)NCC(C)C)cc1. The predicted octanol–water partition coefficient (Wildman–Crippen LogP) is 2.94. The van der Waals surface area contributed by atoms with E-state index in [0.717, 1.165) is 31.9 Å². The van der Waals surface area contributed by atoms with Gasteiger partial charge in [0.2, 0.25) is 11.8 Å². The van der Waals surface area contributed by atoms with Crippen molar-refractivity contribution in [2.75, 3.05) is 31.5 Å². The third-order valence-corrected chi connectivity index (χ3v) is 7.28. The minimum Gasteiger partial charge on any atom is -0.354 e. The van der Waals surface area contributed by atoms with Gasteiger partial charge in [0, 0.05) is 27.2 Å². The standard InChI is InChI=1S/C25H35FN4O4S/c1-18(2)15-27-25(32)20(4)29(16-21-9-7-19(3)8-10-21)24(31)17-30(35(33,34)28(5)6)23-13-11-22(26)12-14-23/h7-14,18,20H,15-17H2,1-6H3,(H,27,32)/t20-/m1/s1. The average molecular weight is 507 g/mol.